The van der Waals surface area contributed by atoms with Crippen molar-refractivity contribution in [1.82, 2.24) is 16.0 Å². The number of hydrogen-bond donors (Lipinski definition) is 6. The van der Waals surface area contributed by atoms with Gasteiger partial charge < -0.3 is 31.9 Å². The van der Waals surface area contributed by atoms with Crippen molar-refractivity contribution in [2.24, 2.45) is 5.73 Å². The summed E-state index contributed by atoms with van der Waals surface area (Å²) in [6.45, 7) is 0. The van der Waals surface area contributed by atoms with Crippen LogP contribution in [0.1, 0.15) is 24.0 Å². The van der Waals surface area contributed by atoms with E-state index in [9.17, 15) is 29.1 Å². The number of carboxylic acid groups (broad SMARTS) is 2. The highest BCUT2D eigenvalue weighted by Crippen LogP contribution is 2.08. The first-order chi connectivity index (χ1) is 18.6. The fourth-order valence-electron chi connectivity index (χ4n) is 3.72. The highest BCUT2D eigenvalue weighted by molar-refractivity contribution is 7.98. The standard InChI is InChI=1S/C27H34N4O7S/c1-39-13-12-20(25(35)31-22(27(37)38)16-23(32)33)29-26(36)21(15-18-10-6-3-7-11-18)30-24(34)19(28)14-17-8-4-2-5-9-17/h2-11,19-22H,12-16,28H2,1H3,(H,29,36)(H,30,34)(H,31,35)(H,32,33)(H,37,38). The van der Waals surface area contributed by atoms with Gasteiger partial charge in [-0.25, -0.2) is 4.79 Å². The Bertz CT molecular complexity index is 1120. The summed E-state index contributed by atoms with van der Waals surface area (Å²) in [4.78, 5) is 61.7. The van der Waals surface area contributed by atoms with Crippen LogP contribution in [0.3, 0.4) is 0 Å². The number of hydrogen-bond acceptors (Lipinski definition) is 7. The summed E-state index contributed by atoms with van der Waals surface area (Å²) >= 11 is 1.41. The minimum atomic E-state index is -1.67. The Morgan fingerprint density at radius 3 is 1.74 bits per heavy atom. The molecule has 2 aromatic rings. The summed E-state index contributed by atoms with van der Waals surface area (Å²) in [5.74, 6) is -4.51. The molecule has 4 atom stereocenters. The van der Waals surface area contributed by atoms with Gasteiger partial charge in [0.1, 0.15) is 18.1 Å². The van der Waals surface area contributed by atoms with Gasteiger partial charge in [-0.1, -0.05) is 60.7 Å². The van der Waals surface area contributed by atoms with Crippen LogP contribution >= 0.6 is 11.8 Å². The van der Waals surface area contributed by atoms with E-state index < -0.39 is 60.2 Å². The van der Waals surface area contributed by atoms with E-state index in [4.69, 9.17) is 10.8 Å². The van der Waals surface area contributed by atoms with Crippen molar-refractivity contribution in [2.75, 3.05) is 12.0 Å². The first-order valence-corrected chi connectivity index (χ1v) is 13.7. The molecule has 0 radical (unpaired) electrons. The molecule has 7 N–H and O–H groups in total. The molecule has 3 amide bonds. The zero-order valence-corrected chi connectivity index (χ0v) is 22.4. The molecule has 0 saturated carbocycles. The Morgan fingerprint density at radius 2 is 1.23 bits per heavy atom. The minimum absolute atomic E-state index is 0.115. The lowest BCUT2D eigenvalue weighted by atomic mass is 10.0. The topological polar surface area (TPSA) is 188 Å². The second kappa shape index (κ2) is 16.1. The third-order valence-electron chi connectivity index (χ3n) is 5.79. The Hall–Kier alpha value is -3.90. The number of nitrogens with two attached hydrogens (primary N) is 1. The maximum atomic E-state index is 13.4. The number of amides is 3. The van der Waals surface area contributed by atoms with E-state index in [0.717, 1.165) is 11.1 Å². The number of carbonyl (C=O) groups excluding carboxylic acids is 3. The summed E-state index contributed by atoms with van der Waals surface area (Å²) in [5, 5.41) is 25.7. The Kier molecular flexibility index (Phi) is 13.0. The summed E-state index contributed by atoms with van der Waals surface area (Å²) < 4.78 is 0. The molecule has 39 heavy (non-hydrogen) atoms. The molecule has 210 valence electrons. The predicted octanol–water partition coefficient (Wildman–Crippen LogP) is 0.566. The van der Waals surface area contributed by atoms with E-state index in [1.54, 1.807) is 30.5 Å². The van der Waals surface area contributed by atoms with Gasteiger partial charge in [-0.05, 0) is 36.0 Å². The molecule has 11 nitrogen and oxygen atoms in total. The number of aliphatic carboxylic acids is 2. The maximum absolute atomic E-state index is 13.4. The molecule has 4 unspecified atom stereocenters. The summed E-state index contributed by atoms with van der Waals surface area (Å²) in [7, 11) is 0. The van der Waals surface area contributed by atoms with Crippen LogP contribution < -0.4 is 21.7 Å². The summed E-state index contributed by atoms with van der Waals surface area (Å²) in [5.41, 5.74) is 7.73. The molecule has 2 aromatic carbocycles. The first-order valence-electron chi connectivity index (χ1n) is 12.3. The predicted molar refractivity (Wildman–Crippen MR) is 147 cm³/mol. The maximum Gasteiger partial charge on any atom is 0.326 e. The number of carbonyl (C=O) groups is 5. The van der Waals surface area contributed by atoms with Crippen molar-refractivity contribution < 1.29 is 34.2 Å². The summed E-state index contributed by atoms with van der Waals surface area (Å²) in [6.07, 6.45) is 1.50. The number of rotatable bonds is 16. The van der Waals surface area contributed by atoms with Crippen molar-refractivity contribution in [2.45, 2.75) is 49.9 Å². The Balaban J connectivity index is 2.20. The van der Waals surface area contributed by atoms with Gasteiger partial charge in [0.2, 0.25) is 17.7 Å². The van der Waals surface area contributed by atoms with Gasteiger partial charge in [0.25, 0.3) is 0 Å². The first kappa shape index (κ1) is 31.3. The number of nitrogens with one attached hydrogen (secondary N) is 3. The molecular weight excluding hydrogens is 524 g/mol. The van der Waals surface area contributed by atoms with Crippen LogP contribution in [0.2, 0.25) is 0 Å². The average molecular weight is 559 g/mol. The van der Waals surface area contributed by atoms with E-state index in [1.165, 1.54) is 11.8 Å². The zero-order valence-electron chi connectivity index (χ0n) is 21.5. The highest BCUT2D eigenvalue weighted by atomic mass is 32.2. The SMILES string of the molecule is CSCCC(NC(=O)C(Cc1ccccc1)NC(=O)C(N)Cc1ccccc1)C(=O)NC(CC(=O)O)C(=O)O. The monoisotopic (exact) mass is 558 g/mol. The number of thioether (sulfide) groups is 1. The van der Waals surface area contributed by atoms with Crippen LogP contribution in [0.5, 0.6) is 0 Å². The van der Waals surface area contributed by atoms with Gasteiger partial charge in [-0.2, -0.15) is 11.8 Å². The smallest absolute Gasteiger partial charge is 0.326 e. The Morgan fingerprint density at radius 1 is 0.744 bits per heavy atom. The lowest BCUT2D eigenvalue weighted by Gasteiger charge is -2.25. The average Bonchev–Trinajstić information content (AvgIpc) is 2.90. The van der Waals surface area contributed by atoms with Gasteiger partial charge in [-0.15, -0.1) is 0 Å². The van der Waals surface area contributed by atoms with Crippen LogP contribution in [0, 0.1) is 0 Å². The van der Waals surface area contributed by atoms with Gasteiger partial charge in [0.15, 0.2) is 0 Å². The molecule has 0 aliphatic heterocycles. The molecule has 0 heterocycles. The molecule has 0 aliphatic carbocycles. The molecule has 0 saturated heterocycles. The molecular formula is C27H34N4O7S. The molecule has 0 aromatic heterocycles. The van der Waals surface area contributed by atoms with Crippen molar-refractivity contribution in [3.63, 3.8) is 0 Å². The number of carboxylic acids is 2. The zero-order chi connectivity index (χ0) is 28.8. The second-order valence-corrected chi connectivity index (χ2v) is 9.87. The van der Waals surface area contributed by atoms with Crippen LogP contribution in [0.15, 0.2) is 60.7 Å². The van der Waals surface area contributed by atoms with Crippen molar-refractivity contribution in [1.29, 1.82) is 0 Å². The normalized spacial score (nSPS) is 13.8. The quantitative estimate of drug-likeness (QED) is 0.171. The van der Waals surface area contributed by atoms with Crippen molar-refractivity contribution in [3.05, 3.63) is 71.8 Å². The third-order valence-corrected chi connectivity index (χ3v) is 6.43. The molecule has 0 bridgehead atoms. The van der Waals surface area contributed by atoms with Gasteiger partial charge >= 0.3 is 11.9 Å². The molecule has 0 aliphatic rings. The van der Waals surface area contributed by atoms with E-state index in [2.05, 4.69) is 16.0 Å². The van der Waals surface area contributed by atoms with Crippen molar-refractivity contribution >= 4 is 41.4 Å². The number of benzene rings is 2. The van der Waals surface area contributed by atoms with E-state index >= 15 is 0 Å². The van der Waals surface area contributed by atoms with Gasteiger partial charge in [0.05, 0.1) is 12.5 Å². The fourth-order valence-corrected chi connectivity index (χ4v) is 4.19. The van der Waals surface area contributed by atoms with Gasteiger partial charge in [-0.3, -0.25) is 19.2 Å². The van der Waals surface area contributed by atoms with E-state index in [0.29, 0.717) is 5.75 Å². The highest BCUT2D eigenvalue weighted by Gasteiger charge is 2.31. The molecule has 0 spiro atoms. The summed E-state index contributed by atoms with van der Waals surface area (Å²) in [6, 6.07) is 13.3. The van der Waals surface area contributed by atoms with Crippen LogP contribution in [-0.4, -0.2) is 76.0 Å². The van der Waals surface area contributed by atoms with Crippen LogP contribution in [-0.2, 0) is 36.8 Å². The fraction of sp³-hybridized carbons (Fsp3) is 0.370. The lowest BCUT2D eigenvalue weighted by Crippen LogP contribution is -2.58. The van der Waals surface area contributed by atoms with Crippen LogP contribution in [0.25, 0.3) is 0 Å². The molecule has 12 heteroatoms. The third kappa shape index (κ3) is 11.2. The molecule has 2 rings (SSSR count). The van der Waals surface area contributed by atoms with E-state index in [-0.39, 0.29) is 19.3 Å². The Labute approximate surface area is 230 Å². The van der Waals surface area contributed by atoms with E-state index in [1.807, 2.05) is 36.4 Å². The molecule has 0 fully saturated rings. The van der Waals surface area contributed by atoms with Crippen molar-refractivity contribution in [3.8, 4) is 0 Å². The lowest BCUT2D eigenvalue weighted by molar-refractivity contribution is -0.147. The van der Waals surface area contributed by atoms with Crippen LogP contribution in [0.4, 0.5) is 0 Å². The minimum Gasteiger partial charge on any atom is -0.481 e. The second-order valence-electron chi connectivity index (χ2n) is 8.89. The van der Waals surface area contributed by atoms with Gasteiger partial charge in [0, 0.05) is 6.42 Å². The largest absolute Gasteiger partial charge is 0.481 e.